The van der Waals surface area contributed by atoms with Gasteiger partial charge in [-0.3, -0.25) is 0 Å². The first-order valence-electron chi connectivity index (χ1n) is 4.58. The minimum Gasteiger partial charge on any atom is -0.389 e. The van der Waals surface area contributed by atoms with E-state index in [4.69, 9.17) is 0 Å². The average Bonchev–Trinajstić information content (AvgIpc) is 2.14. The lowest BCUT2D eigenvalue weighted by atomic mass is 10.0. The van der Waals surface area contributed by atoms with Crippen molar-refractivity contribution in [2.75, 3.05) is 0 Å². The van der Waals surface area contributed by atoms with E-state index < -0.39 is 0 Å². The van der Waals surface area contributed by atoms with Gasteiger partial charge in [0, 0.05) is 0 Å². The van der Waals surface area contributed by atoms with Gasteiger partial charge in [-0.25, -0.2) is 0 Å². The van der Waals surface area contributed by atoms with E-state index in [9.17, 15) is 5.11 Å². The van der Waals surface area contributed by atoms with Gasteiger partial charge in [-0.05, 0) is 25.3 Å². The Morgan fingerprint density at radius 1 is 1.54 bits per heavy atom. The van der Waals surface area contributed by atoms with Crippen molar-refractivity contribution in [3.8, 4) is 0 Å². The fourth-order valence-corrected chi connectivity index (χ4v) is 1.30. The normalized spacial score (nSPS) is 12.5. The second-order valence-corrected chi connectivity index (χ2v) is 3.33. The van der Waals surface area contributed by atoms with Crippen LogP contribution in [0, 0.1) is 6.92 Å². The predicted octanol–water partition coefficient (Wildman–Crippen LogP) is 2.47. The van der Waals surface area contributed by atoms with Gasteiger partial charge in [0.05, 0.1) is 6.10 Å². The molecule has 1 unspecified atom stereocenters. The van der Waals surface area contributed by atoms with Gasteiger partial charge in [-0.1, -0.05) is 35.9 Å². The van der Waals surface area contributed by atoms with Crippen LogP contribution in [0.2, 0.25) is 0 Å². The van der Waals surface area contributed by atoms with Crippen LogP contribution >= 0.6 is 0 Å². The zero-order valence-electron chi connectivity index (χ0n) is 8.03. The molecule has 0 heterocycles. The van der Waals surface area contributed by atoms with E-state index in [1.165, 1.54) is 11.1 Å². The van der Waals surface area contributed by atoms with Crippen molar-refractivity contribution in [3.63, 3.8) is 0 Å². The number of aliphatic hydroxyl groups is 1. The maximum absolute atomic E-state index is 9.27. The zero-order valence-corrected chi connectivity index (χ0v) is 8.03. The summed E-state index contributed by atoms with van der Waals surface area (Å²) in [6.45, 7) is 5.62. The summed E-state index contributed by atoms with van der Waals surface area (Å²) in [5.41, 5.74) is 2.55. The molecule has 1 rings (SSSR count). The Balaban J connectivity index is 2.49. The molecule has 1 atom stereocenters. The van der Waals surface area contributed by atoms with Gasteiger partial charge >= 0.3 is 0 Å². The SMILES string of the molecule is C=CC(O)CCc1cccc(C)c1. The first-order chi connectivity index (χ1) is 6.22. The molecule has 1 aromatic rings. The van der Waals surface area contributed by atoms with Gasteiger partial charge < -0.3 is 5.11 Å². The van der Waals surface area contributed by atoms with E-state index in [0.717, 1.165) is 12.8 Å². The molecular formula is C12H16O. The summed E-state index contributed by atoms with van der Waals surface area (Å²) >= 11 is 0. The highest BCUT2D eigenvalue weighted by atomic mass is 16.3. The van der Waals surface area contributed by atoms with Gasteiger partial charge in [0.2, 0.25) is 0 Å². The molecule has 1 N–H and O–H groups in total. The van der Waals surface area contributed by atoms with Gasteiger partial charge in [0.15, 0.2) is 0 Å². The predicted molar refractivity (Wildman–Crippen MR) is 55.7 cm³/mol. The third-order valence-corrected chi connectivity index (χ3v) is 2.08. The van der Waals surface area contributed by atoms with Crippen molar-refractivity contribution < 1.29 is 5.11 Å². The molecule has 0 aliphatic heterocycles. The molecule has 13 heavy (non-hydrogen) atoms. The van der Waals surface area contributed by atoms with Crippen molar-refractivity contribution >= 4 is 0 Å². The van der Waals surface area contributed by atoms with Gasteiger partial charge in [-0.15, -0.1) is 6.58 Å². The van der Waals surface area contributed by atoms with E-state index in [-0.39, 0.29) is 6.10 Å². The Morgan fingerprint density at radius 3 is 2.92 bits per heavy atom. The monoisotopic (exact) mass is 176 g/mol. The lowest BCUT2D eigenvalue weighted by molar-refractivity contribution is 0.213. The maximum Gasteiger partial charge on any atom is 0.0721 e. The standard InChI is InChI=1S/C12H16O/c1-3-12(13)8-7-11-6-4-5-10(2)9-11/h3-6,9,12-13H,1,7-8H2,2H3. The van der Waals surface area contributed by atoms with Crippen LogP contribution in [0.1, 0.15) is 17.5 Å². The van der Waals surface area contributed by atoms with E-state index in [2.05, 4.69) is 31.7 Å². The molecule has 1 heteroatoms. The lowest BCUT2D eigenvalue weighted by Gasteiger charge is -2.05. The Morgan fingerprint density at radius 2 is 2.31 bits per heavy atom. The second-order valence-electron chi connectivity index (χ2n) is 3.33. The largest absolute Gasteiger partial charge is 0.389 e. The fourth-order valence-electron chi connectivity index (χ4n) is 1.30. The van der Waals surface area contributed by atoms with Gasteiger partial charge in [0.1, 0.15) is 0 Å². The summed E-state index contributed by atoms with van der Waals surface area (Å²) in [5.74, 6) is 0. The Labute approximate surface area is 79.7 Å². The molecule has 0 aliphatic carbocycles. The highest BCUT2D eigenvalue weighted by Crippen LogP contribution is 2.08. The van der Waals surface area contributed by atoms with Gasteiger partial charge in [-0.2, -0.15) is 0 Å². The van der Waals surface area contributed by atoms with Crippen LogP contribution < -0.4 is 0 Å². The lowest BCUT2D eigenvalue weighted by Crippen LogP contribution is -2.03. The molecule has 0 saturated carbocycles. The number of aliphatic hydroxyl groups excluding tert-OH is 1. The summed E-state index contributed by atoms with van der Waals surface area (Å²) in [4.78, 5) is 0. The third kappa shape index (κ3) is 3.43. The van der Waals surface area contributed by atoms with Crippen molar-refractivity contribution in [1.82, 2.24) is 0 Å². The quantitative estimate of drug-likeness (QED) is 0.699. The fraction of sp³-hybridized carbons (Fsp3) is 0.333. The van der Waals surface area contributed by atoms with Crippen LogP contribution in [-0.4, -0.2) is 11.2 Å². The summed E-state index contributed by atoms with van der Waals surface area (Å²) in [6.07, 6.45) is 2.87. The minimum atomic E-state index is -0.375. The van der Waals surface area contributed by atoms with Crippen LogP contribution in [0.3, 0.4) is 0 Å². The van der Waals surface area contributed by atoms with Crippen LogP contribution in [-0.2, 0) is 6.42 Å². The van der Waals surface area contributed by atoms with Crippen molar-refractivity contribution in [1.29, 1.82) is 0 Å². The summed E-state index contributed by atoms with van der Waals surface area (Å²) in [5, 5.41) is 9.27. The highest BCUT2D eigenvalue weighted by molar-refractivity contribution is 5.22. The average molecular weight is 176 g/mol. The molecule has 70 valence electrons. The van der Waals surface area contributed by atoms with Crippen LogP contribution in [0.15, 0.2) is 36.9 Å². The summed E-state index contributed by atoms with van der Waals surface area (Å²) < 4.78 is 0. The summed E-state index contributed by atoms with van der Waals surface area (Å²) in [7, 11) is 0. The molecule has 0 saturated heterocycles. The Bertz CT molecular complexity index is 278. The van der Waals surface area contributed by atoms with E-state index in [1.54, 1.807) is 6.08 Å². The molecule has 0 bridgehead atoms. The first kappa shape index (κ1) is 10.0. The molecule has 0 amide bonds. The molecule has 0 fully saturated rings. The number of aryl methyl sites for hydroxylation is 2. The maximum atomic E-state index is 9.27. The number of benzene rings is 1. The van der Waals surface area contributed by atoms with Gasteiger partial charge in [0.25, 0.3) is 0 Å². The van der Waals surface area contributed by atoms with E-state index >= 15 is 0 Å². The number of hydrogen-bond acceptors (Lipinski definition) is 1. The minimum absolute atomic E-state index is 0.375. The zero-order chi connectivity index (χ0) is 9.68. The smallest absolute Gasteiger partial charge is 0.0721 e. The molecule has 1 aromatic carbocycles. The molecule has 0 aliphatic rings. The van der Waals surface area contributed by atoms with E-state index in [0.29, 0.717) is 0 Å². The Hall–Kier alpha value is -1.08. The topological polar surface area (TPSA) is 20.2 Å². The number of rotatable bonds is 4. The Kier molecular flexibility index (Phi) is 3.71. The first-order valence-corrected chi connectivity index (χ1v) is 4.58. The molecule has 1 nitrogen and oxygen atoms in total. The molecular weight excluding hydrogens is 160 g/mol. The summed E-state index contributed by atoms with van der Waals surface area (Å²) in [6, 6.07) is 8.36. The molecule has 0 radical (unpaired) electrons. The molecule has 0 aromatic heterocycles. The van der Waals surface area contributed by atoms with Crippen molar-refractivity contribution in [3.05, 3.63) is 48.0 Å². The van der Waals surface area contributed by atoms with Crippen LogP contribution in [0.5, 0.6) is 0 Å². The molecule has 0 spiro atoms. The highest BCUT2D eigenvalue weighted by Gasteiger charge is 1.99. The van der Waals surface area contributed by atoms with Crippen molar-refractivity contribution in [2.45, 2.75) is 25.9 Å². The third-order valence-electron chi connectivity index (χ3n) is 2.08. The van der Waals surface area contributed by atoms with Crippen LogP contribution in [0.4, 0.5) is 0 Å². The van der Waals surface area contributed by atoms with E-state index in [1.807, 2.05) is 6.07 Å². The van der Waals surface area contributed by atoms with Crippen molar-refractivity contribution in [2.24, 2.45) is 0 Å². The number of hydrogen-bond donors (Lipinski definition) is 1. The second kappa shape index (κ2) is 4.83. The van der Waals surface area contributed by atoms with Crippen LogP contribution in [0.25, 0.3) is 0 Å².